The summed E-state index contributed by atoms with van der Waals surface area (Å²) >= 11 is 0. The second kappa shape index (κ2) is 4.53. The van der Waals surface area contributed by atoms with Crippen LogP contribution in [0.2, 0.25) is 0 Å². The smallest absolute Gasteiger partial charge is 0.178 e. The zero-order valence-electron chi connectivity index (χ0n) is 8.99. The van der Waals surface area contributed by atoms with Crippen molar-refractivity contribution in [2.45, 2.75) is 19.8 Å². The number of carbonyl (C=O) groups is 1. The third kappa shape index (κ3) is 3.13. The molecule has 1 aromatic heterocycles. The first kappa shape index (κ1) is 10.3. The molecular formula is C12H16N2O. The fourth-order valence-corrected chi connectivity index (χ4v) is 1.52. The number of pyridine rings is 1. The Bertz CT molecular complexity index is 358. The topological polar surface area (TPSA) is 42.0 Å². The van der Waals surface area contributed by atoms with Gasteiger partial charge in [0.25, 0.3) is 0 Å². The molecule has 80 valence electrons. The van der Waals surface area contributed by atoms with Crippen LogP contribution in [0.4, 0.5) is 0 Å². The molecule has 0 aliphatic heterocycles. The highest BCUT2D eigenvalue weighted by atomic mass is 16.1. The van der Waals surface area contributed by atoms with E-state index in [0.717, 1.165) is 18.0 Å². The van der Waals surface area contributed by atoms with Gasteiger partial charge in [0.2, 0.25) is 0 Å². The van der Waals surface area contributed by atoms with Gasteiger partial charge in [-0.1, -0.05) is 0 Å². The van der Waals surface area contributed by atoms with Gasteiger partial charge in [-0.05, 0) is 43.9 Å². The van der Waals surface area contributed by atoms with Gasteiger partial charge in [-0.25, -0.2) is 0 Å². The summed E-state index contributed by atoms with van der Waals surface area (Å²) in [5.41, 5.74) is 1.74. The summed E-state index contributed by atoms with van der Waals surface area (Å²) in [5, 5.41) is 3.19. The number of Topliss-reactive ketones (excluding diaryl/α,β-unsaturated/α-hetero) is 1. The van der Waals surface area contributed by atoms with Crippen molar-refractivity contribution in [3.63, 3.8) is 0 Å². The van der Waals surface area contributed by atoms with Crippen molar-refractivity contribution < 1.29 is 4.79 Å². The second-order valence-corrected chi connectivity index (χ2v) is 4.25. The Balaban J connectivity index is 1.83. The lowest BCUT2D eigenvalue weighted by Gasteiger charge is -2.03. The second-order valence-electron chi connectivity index (χ2n) is 4.25. The first-order valence-electron chi connectivity index (χ1n) is 5.41. The van der Waals surface area contributed by atoms with Crippen molar-refractivity contribution in [1.82, 2.24) is 10.3 Å². The molecule has 2 rings (SSSR count). The molecule has 0 saturated heterocycles. The van der Waals surface area contributed by atoms with Gasteiger partial charge in [0.1, 0.15) is 0 Å². The average molecular weight is 204 g/mol. The Kier molecular flexibility index (Phi) is 3.11. The van der Waals surface area contributed by atoms with Crippen LogP contribution in [0.3, 0.4) is 0 Å². The molecule has 1 aliphatic rings. The molecule has 0 bridgehead atoms. The minimum absolute atomic E-state index is 0.131. The number of carbonyl (C=O) groups excluding carboxylic acids is 1. The van der Waals surface area contributed by atoms with E-state index in [1.807, 2.05) is 13.0 Å². The van der Waals surface area contributed by atoms with Gasteiger partial charge in [0.15, 0.2) is 5.78 Å². The fraction of sp³-hybridized carbons (Fsp3) is 0.500. The van der Waals surface area contributed by atoms with E-state index >= 15 is 0 Å². The van der Waals surface area contributed by atoms with Crippen LogP contribution < -0.4 is 5.32 Å². The molecule has 0 unspecified atom stereocenters. The van der Waals surface area contributed by atoms with Gasteiger partial charge in [-0.3, -0.25) is 9.78 Å². The monoisotopic (exact) mass is 204 g/mol. The van der Waals surface area contributed by atoms with Crippen molar-refractivity contribution in [1.29, 1.82) is 0 Å². The summed E-state index contributed by atoms with van der Waals surface area (Å²) in [5.74, 6) is 0.945. The number of nitrogens with one attached hydrogen (secondary N) is 1. The van der Waals surface area contributed by atoms with Crippen LogP contribution in [0.25, 0.3) is 0 Å². The number of aromatic nitrogens is 1. The standard InChI is InChI=1S/C12H16N2O/c1-9-4-11(7-13-5-9)12(15)8-14-6-10-2-3-10/h4-5,7,10,14H,2-3,6,8H2,1H3. The molecule has 0 spiro atoms. The van der Waals surface area contributed by atoms with E-state index < -0.39 is 0 Å². The maximum Gasteiger partial charge on any atom is 0.178 e. The Morgan fingerprint density at radius 1 is 1.53 bits per heavy atom. The van der Waals surface area contributed by atoms with E-state index in [2.05, 4.69) is 10.3 Å². The largest absolute Gasteiger partial charge is 0.309 e. The molecule has 1 heterocycles. The summed E-state index contributed by atoms with van der Waals surface area (Å²) in [6, 6.07) is 1.88. The molecule has 1 aromatic rings. The highest BCUT2D eigenvalue weighted by molar-refractivity contribution is 5.97. The maximum absolute atomic E-state index is 11.7. The minimum atomic E-state index is 0.131. The van der Waals surface area contributed by atoms with Crippen LogP contribution >= 0.6 is 0 Å². The third-order valence-corrected chi connectivity index (χ3v) is 2.61. The molecule has 1 saturated carbocycles. The molecule has 3 nitrogen and oxygen atoms in total. The summed E-state index contributed by atoms with van der Waals surface area (Å²) in [6.07, 6.45) is 6.02. The van der Waals surface area contributed by atoms with E-state index in [0.29, 0.717) is 12.1 Å². The first-order chi connectivity index (χ1) is 7.25. The molecule has 0 aromatic carbocycles. The average Bonchev–Trinajstić information content (AvgIpc) is 3.01. The van der Waals surface area contributed by atoms with E-state index in [1.54, 1.807) is 12.4 Å². The Morgan fingerprint density at radius 2 is 2.33 bits per heavy atom. The normalized spacial score (nSPS) is 15.3. The van der Waals surface area contributed by atoms with Crippen molar-refractivity contribution in [2.75, 3.05) is 13.1 Å². The van der Waals surface area contributed by atoms with Gasteiger partial charge < -0.3 is 5.32 Å². The summed E-state index contributed by atoms with van der Waals surface area (Å²) < 4.78 is 0. The van der Waals surface area contributed by atoms with Crippen LogP contribution in [0.1, 0.15) is 28.8 Å². The molecule has 0 radical (unpaired) electrons. The van der Waals surface area contributed by atoms with Crippen LogP contribution in [0.5, 0.6) is 0 Å². The lowest BCUT2D eigenvalue weighted by Crippen LogP contribution is -2.25. The van der Waals surface area contributed by atoms with E-state index in [-0.39, 0.29) is 5.78 Å². The van der Waals surface area contributed by atoms with Crippen molar-refractivity contribution in [2.24, 2.45) is 5.92 Å². The number of ketones is 1. The summed E-state index contributed by atoms with van der Waals surface area (Å²) in [4.78, 5) is 15.7. The molecule has 3 heteroatoms. The van der Waals surface area contributed by atoms with Gasteiger partial charge in [-0.2, -0.15) is 0 Å². The summed E-state index contributed by atoms with van der Waals surface area (Å²) in [7, 11) is 0. The molecule has 1 fully saturated rings. The first-order valence-corrected chi connectivity index (χ1v) is 5.41. The van der Waals surface area contributed by atoms with Gasteiger partial charge in [0, 0.05) is 18.0 Å². The van der Waals surface area contributed by atoms with Crippen molar-refractivity contribution in [3.8, 4) is 0 Å². The van der Waals surface area contributed by atoms with Crippen molar-refractivity contribution in [3.05, 3.63) is 29.6 Å². The Morgan fingerprint density at radius 3 is 3.00 bits per heavy atom. The third-order valence-electron chi connectivity index (χ3n) is 2.61. The predicted molar refractivity (Wildman–Crippen MR) is 58.9 cm³/mol. The van der Waals surface area contributed by atoms with E-state index in [4.69, 9.17) is 0 Å². The quantitative estimate of drug-likeness (QED) is 0.740. The Hall–Kier alpha value is -1.22. The lowest BCUT2D eigenvalue weighted by molar-refractivity contribution is 0.0990. The van der Waals surface area contributed by atoms with Gasteiger partial charge in [-0.15, -0.1) is 0 Å². The number of rotatable bonds is 5. The molecule has 0 amide bonds. The molecule has 1 N–H and O–H groups in total. The van der Waals surface area contributed by atoms with Crippen LogP contribution in [0, 0.1) is 12.8 Å². The molecule has 1 aliphatic carbocycles. The zero-order valence-corrected chi connectivity index (χ0v) is 8.99. The van der Waals surface area contributed by atoms with E-state index in [9.17, 15) is 4.79 Å². The summed E-state index contributed by atoms with van der Waals surface area (Å²) in [6.45, 7) is 3.36. The minimum Gasteiger partial charge on any atom is -0.309 e. The highest BCUT2D eigenvalue weighted by Gasteiger charge is 2.20. The van der Waals surface area contributed by atoms with Crippen LogP contribution in [-0.4, -0.2) is 23.9 Å². The molecule has 15 heavy (non-hydrogen) atoms. The zero-order chi connectivity index (χ0) is 10.7. The maximum atomic E-state index is 11.7. The van der Waals surface area contributed by atoms with Crippen LogP contribution in [0.15, 0.2) is 18.5 Å². The number of nitrogens with zero attached hydrogens (tertiary/aromatic N) is 1. The number of aryl methyl sites for hydroxylation is 1. The molecular weight excluding hydrogens is 188 g/mol. The lowest BCUT2D eigenvalue weighted by atomic mass is 10.1. The van der Waals surface area contributed by atoms with Crippen molar-refractivity contribution >= 4 is 5.78 Å². The van der Waals surface area contributed by atoms with Gasteiger partial charge in [0.05, 0.1) is 6.54 Å². The van der Waals surface area contributed by atoms with E-state index in [1.165, 1.54) is 12.8 Å². The fourth-order valence-electron chi connectivity index (χ4n) is 1.52. The number of hydrogen-bond acceptors (Lipinski definition) is 3. The van der Waals surface area contributed by atoms with Crippen LogP contribution in [-0.2, 0) is 0 Å². The highest BCUT2D eigenvalue weighted by Crippen LogP contribution is 2.27. The SMILES string of the molecule is Cc1cncc(C(=O)CNCC2CC2)c1. The number of hydrogen-bond donors (Lipinski definition) is 1. The predicted octanol–water partition coefficient (Wildman–Crippen LogP) is 1.57. The molecule has 0 atom stereocenters. The Labute approximate surface area is 89.9 Å². The van der Waals surface area contributed by atoms with Gasteiger partial charge >= 0.3 is 0 Å².